The Morgan fingerprint density at radius 3 is 2.38 bits per heavy atom. The van der Waals surface area contributed by atoms with E-state index in [-0.39, 0.29) is 12.0 Å². The predicted molar refractivity (Wildman–Crippen MR) is 104 cm³/mol. The van der Waals surface area contributed by atoms with Gasteiger partial charge in [-0.25, -0.2) is 4.98 Å². The molecule has 2 unspecified atom stereocenters. The largest absolute Gasteiger partial charge is 0.481 e. The van der Waals surface area contributed by atoms with Crippen molar-refractivity contribution >= 4 is 40.7 Å². The fourth-order valence-corrected chi connectivity index (χ4v) is 3.35. The summed E-state index contributed by atoms with van der Waals surface area (Å²) in [6.07, 6.45) is 2.20. The highest BCUT2D eigenvalue weighted by atomic mass is 35.5. The molecule has 0 saturated heterocycles. The molecule has 26 heavy (non-hydrogen) atoms. The second-order valence-corrected chi connectivity index (χ2v) is 7.22. The Kier molecular flexibility index (Phi) is 8.40. The molecule has 1 aromatic rings. The molecule has 1 saturated carbocycles. The summed E-state index contributed by atoms with van der Waals surface area (Å²) < 4.78 is 0. The first-order valence-electron chi connectivity index (χ1n) is 8.60. The number of hydrogen-bond acceptors (Lipinski definition) is 6. The topological polar surface area (TPSA) is 106 Å². The Labute approximate surface area is 163 Å². The van der Waals surface area contributed by atoms with E-state index in [1.807, 2.05) is 13.8 Å². The maximum atomic E-state index is 11.0. The summed E-state index contributed by atoms with van der Waals surface area (Å²) in [5.41, 5.74) is 0.782. The molecule has 9 heteroatoms. The molecule has 3 rings (SSSR count). The van der Waals surface area contributed by atoms with Crippen molar-refractivity contribution in [3.63, 3.8) is 0 Å². The summed E-state index contributed by atoms with van der Waals surface area (Å²) >= 11 is 12.1. The summed E-state index contributed by atoms with van der Waals surface area (Å²) in [6.45, 7) is 7.19. The summed E-state index contributed by atoms with van der Waals surface area (Å²) in [6, 6.07) is 1.78. The number of hydrogen-bond donors (Lipinski definition) is 4. The Morgan fingerprint density at radius 1 is 1.31 bits per heavy atom. The fourth-order valence-electron chi connectivity index (χ4n) is 2.85. The van der Waals surface area contributed by atoms with Crippen molar-refractivity contribution in [2.24, 2.45) is 5.92 Å². The van der Waals surface area contributed by atoms with Crippen molar-refractivity contribution in [1.29, 1.82) is 0 Å². The second-order valence-electron chi connectivity index (χ2n) is 6.43. The van der Waals surface area contributed by atoms with Crippen molar-refractivity contribution in [3.05, 3.63) is 16.2 Å². The average molecular weight is 408 g/mol. The molecule has 1 aromatic heterocycles. The Hall–Kier alpha value is -1.28. The molecule has 7 nitrogen and oxygen atoms in total. The van der Waals surface area contributed by atoms with E-state index in [9.17, 15) is 4.79 Å². The van der Waals surface area contributed by atoms with Crippen LogP contribution in [0.4, 0.5) is 11.5 Å². The van der Waals surface area contributed by atoms with Gasteiger partial charge in [0.25, 0.3) is 0 Å². The van der Waals surface area contributed by atoms with Gasteiger partial charge in [-0.05, 0) is 39.2 Å². The number of carboxylic acids is 1. The van der Waals surface area contributed by atoms with Crippen LogP contribution in [0.25, 0.3) is 0 Å². The van der Waals surface area contributed by atoms with Crippen LogP contribution in [0.5, 0.6) is 0 Å². The van der Waals surface area contributed by atoms with Gasteiger partial charge in [0.2, 0.25) is 0 Å². The molecule has 2 heterocycles. The number of rotatable bonds is 2. The SMILES string of the molecule is CC.CC(C)(O)O.O=C(O)C1CCC(N2CNc3c(Cl)cc(Cl)nc32)C1. The molecule has 1 fully saturated rings. The number of nitrogens with zero attached hydrogens (tertiary/aromatic N) is 2. The zero-order valence-electron chi connectivity index (χ0n) is 15.5. The van der Waals surface area contributed by atoms with Crippen LogP contribution in [0.2, 0.25) is 10.2 Å². The van der Waals surface area contributed by atoms with E-state index in [4.69, 9.17) is 38.5 Å². The van der Waals surface area contributed by atoms with E-state index in [0.29, 0.717) is 29.7 Å². The van der Waals surface area contributed by atoms with Crippen LogP contribution in [-0.4, -0.2) is 44.8 Å². The fraction of sp³-hybridized carbons (Fsp3) is 0.647. The maximum Gasteiger partial charge on any atom is 0.306 e. The zero-order chi connectivity index (χ0) is 20.1. The smallest absolute Gasteiger partial charge is 0.306 e. The van der Waals surface area contributed by atoms with E-state index in [1.165, 1.54) is 13.8 Å². The summed E-state index contributed by atoms with van der Waals surface area (Å²) in [7, 11) is 0. The highest BCUT2D eigenvalue weighted by Crippen LogP contribution is 2.41. The van der Waals surface area contributed by atoms with Gasteiger partial charge in [0, 0.05) is 6.04 Å². The van der Waals surface area contributed by atoms with Crippen LogP contribution in [0, 0.1) is 5.92 Å². The molecule has 0 amide bonds. The molecule has 2 aliphatic rings. The van der Waals surface area contributed by atoms with Crippen molar-refractivity contribution in [2.45, 2.75) is 58.8 Å². The van der Waals surface area contributed by atoms with Gasteiger partial charge < -0.3 is 25.5 Å². The number of carbonyl (C=O) groups is 1. The van der Waals surface area contributed by atoms with Crippen LogP contribution in [0.3, 0.4) is 0 Å². The van der Waals surface area contributed by atoms with Crippen molar-refractivity contribution in [2.75, 3.05) is 16.9 Å². The number of aromatic nitrogens is 1. The lowest BCUT2D eigenvalue weighted by Gasteiger charge is -2.24. The summed E-state index contributed by atoms with van der Waals surface area (Å²) in [4.78, 5) is 17.4. The predicted octanol–water partition coefficient (Wildman–Crippen LogP) is 3.56. The molecule has 1 aliphatic carbocycles. The lowest BCUT2D eigenvalue weighted by molar-refractivity contribution is -0.141. The minimum absolute atomic E-state index is 0.178. The van der Waals surface area contributed by atoms with Crippen LogP contribution >= 0.6 is 23.2 Å². The second kappa shape index (κ2) is 9.60. The number of anilines is 2. The Morgan fingerprint density at radius 2 is 1.88 bits per heavy atom. The van der Waals surface area contributed by atoms with E-state index in [1.54, 1.807) is 6.07 Å². The van der Waals surface area contributed by atoms with Gasteiger partial charge in [0.05, 0.1) is 23.3 Å². The van der Waals surface area contributed by atoms with Crippen molar-refractivity contribution < 1.29 is 20.1 Å². The van der Waals surface area contributed by atoms with Gasteiger partial charge >= 0.3 is 5.97 Å². The third kappa shape index (κ3) is 6.46. The number of fused-ring (bicyclic) bond motifs is 1. The standard InChI is InChI=1S/C12H13Cl2N3O2.C3H8O2.C2H6/c13-8-4-9(14)16-11-10(8)15-5-17(11)7-2-1-6(3-7)12(18)19;1-3(2,4)5;1-2/h4,6-7,15H,1-3,5H2,(H,18,19);4-5H,1-2H3;1-2H3. The van der Waals surface area contributed by atoms with E-state index >= 15 is 0 Å². The number of halogens is 2. The zero-order valence-corrected chi connectivity index (χ0v) is 17.0. The molecule has 0 spiro atoms. The third-order valence-electron chi connectivity index (χ3n) is 3.81. The minimum Gasteiger partial charge on any atom is -0.481 e. The van der Waals surface area contributed by atoms with Crippen LogP contribution in [-0.2, 0) is 4.79 Å². The maximum absolute atomic E-state index is 11.0. The van der Waals surface area contributed by atoms with Gasteiger partial charge in [-0.1, -0.05) is 37.0 Å². The molecule has 148 valence electrons. The highest BCUT2D eigenvalue weighted by Gasteiger charge is 2.37. The first-order chi connectivity index (χ1) is 12.1. The molecular weight excluding hydrogens is 381 g/mol. The van der Waals surface area contributed by atoms with E-state index < -0.39 is 11.8 Å². The van der Waals surface area contributed by atoms with Gasteiger partial charge in [0.1, 0.15) is 5.15 Å². The molecule has 0 bridgehead atoms. The van der Waals surface area contributed by atoms with Crippen molar-refractivity contribution in [3.8, 4) is 0 Å². The number of pyridine rings is 1. The molecule has 0 radical (unpaired) electrons. The first-order valence-corrected chi connectivity index (χ1v) is 9.36. The number of carboxylic acid groups (broad SMARTS) is 1. The third-order valence-corrected chi connectivity index (χ3v) is 4.31. The monoisotopic (exact) mass is 407 g/mol. The summed E-state index contributed by atoms with van der Waals surface area (Å²) in [5, 5.41) is 29.3. The molecule has 4 N–H and O–H groups in total. The van der Waals surface area contributed by atoms with Crippen LogP contribution < -0.4 is 10.2 Å². The van der Waals surface area contributed by atoms with Gasteiger partial charge in [-0.2, -0.15) is 0 Å². The minimum atomic E-state index is -1.50. The number of nitrogens with one attached hydrogen (secondary N) is 1. The Bertz CT molecular complexity index is 617. The lowest BCUT2D eigenvalue weighted by atomic mass is 10.1. The normalized spacial score (nSPS) is 21.0. The molecular formula is C17H27Cl2N3O4. The number of aliphatic carboxylic acids is 1. The lowest BCUT2D eigenvalue weighted by Crippen LogP contribution is -2.34. The molecule has 2 atom stereocenters. The van der Waals surface area contributed by atoms with Gasteiger partial charge in [0.15, 0.2) is 11.6 Å². The molecule has 1 aliphatic heterocycles. The van der Waals surface area contributed by atoms with E-state index in [0.717, 1.165) is 17.9 Å². The highest BCUT2D eigenvalue weighted by molar-refractivity contribution is 6.36. The average Bonchev–Trinajstić information content (AvgIpc) is 3.13. The quantitative estimate of drug-likeness (QED) is 0.438. The Balaban J connectivity index is 0.000000420. The summed E-state index contributed by atoms with van der Waals surface area (Å²) in [5.74, 6) is -1.75. The van der Waals surface area contributed by atoms with Gasteiger partial charge in [-0.3, -0.25) is 4.79 Å². The first kappa shape index (κ1) is 22.8. The van der Waals surface area contributed by atoms with Crippen LogP contribution in [0.15, 0.2) is 6.07 Å². The number of aliphatic hydroxyl groups is 2. The van der Waals surface area contributed by atoms with Crippen molar-refractivity contribution in [1.82, 2.24) is 4.98 Å². The van der Waals surface area contributed by atoms with Gasteiger partial charge in [-0.15, -0.1) is 0 Å². The van der Waals surface area contributed by atoms with E-state index in [2.05, 4.69) is 15.2 Å². The van der Waals surface area contributed by atoms with Crippen LogP contribution in [0.1, 0.15) is 47.0 Å². The molecule has 0 aromatic carbocycles.